The van der Waals surface area contributed by atoms with Gasteiger partial charge in [-0.05, 0) is 18.2 Å². The summed E-state index contributed by atoms with van der Waals surface area (Å²) in [5, 5.41) is 2.30. The minimum Gasteiger partial charge on any atom is -0.397 e. The van der Waals surface area contributed by atoms with Crippen molar-refractivity contribution in [2.24, 2.45) is 5.73 Å². The van der Waals surface area contributed by atoms with E-state index in [0.29, 0.717) is 0 Å². The molecule has 1 aromatic carbocycles. The molecule has 1 rings (SSSR count). The molecule has 0 aliphatic carbocycles. The van der Waals surface area contributed by atoms with Gasteiger partial charge in [0, 0.05) is 5.56 Å². The number of anilines is 2. The summed E-state index contributed by atoms with van der Waals surface area (Å²) in [5.74, 6) is -4.12. The summed E-state index contributed by atoms with van der Waals surface area (Å²) >= 11 is 0. The van der Waals surface area contributed by atoms with Gasteiger partial charge in [0.25, 0.3) is 5.92 Å². The van der Waals surface area contributed by atoms with Crippen LogP contribution in [0.5, 0.6) is 0 Å². The Labute approximate surface area is 95.8 Å². The highest BCUT2D eigenvalue weighted by atomic mass is 19.3. The number of halogens is 3. The van der Waals surface area contributed by atoms with Crippen molar-refractivity contribution in [3.63, 3.8) is 0 Å². The summed E-state index contributed by atoms with van der Waals surface area (Å²) in [7, 11) is 0. The van der Waals surface area contributed by atoms with Gasteiger partial charge in [-0.1, -0.05) is 0 Å². The molecule has 0 saturated carbocycles. The Hall–Kier alpha value is -1.92. The van der Waals surface area contributed by atoms with Gasteiger partial charge in [0.1, 0.15) is 0 Å². The van der Waals surface area contributed by atoms with E-state index in [-0.39, 0.29) is 16.9 Å². The molecule has 4 nitrogen and oxygen atoms in total. The van der Waals surface area contributed by atoms with Crippen molar-refractivity contribution in [1.82, 2.24) is 0 Å². The van der Waals surface area contributed by atoms with E-state index in [1.54, 1.807) is 0 Å². The molecule has 7 heteroatoms. The first-order valence-electron chi connectivity index (χ1n) is 4.73. The van der Waals surface area contributed by atoms with Crippen LogP contribution in [0.1, 0.15) is 10.4 Å². The Morgan fingerprint density at radius 1 is 1.41 bits per heavy atom. The number of carbonyl (C=O) groups is 1. The second kappa shape index (κ2) is 4.94. The van der Waals surface area contributed by atoms with E-state index in [9.17, 15) is 18.0 Å². The van der Waals surface area contributed by atoms with Crippen LogP contribution < -0.4 is 16.8 Å². The average molecular weight is 247 g/mol. The Bertz CT molecular complexity index is 423. The molecule has 0 unspecified atom stereocenters. The van der Waals surface area contributed by atoms with Crippen LogP contribution in [0, 0.1) is 0 Å². The maximum atomic E-state index is 12.6. The zero-order chi connectivity index (χ0) is 13.1. The maximum Gasteiger partial charge on any atom is 0.292 e. The van der Waals surface area contributed by atoms with Gasteiger partial charge < -0.3 is 16.8 Å². The number of benzene rings is 1. The molecule has 17 heavy (non-hydrogen) atoms. The average Bonchev–Trinajstić information content (AvgIpc) is 2.27. The Morgan fingerprint density at radius 3 is 2.53 bits per heavy atom. The number of nitrogens with two attached hydrogens (primary N) is 2. The van der Waals surface area contributed by atoms with E-state index in [4.69, 9.17) is 11.5 Å². The van der Waals surface area contributed by atoms with Gasteiger partial charge in [-0.15, -0.1) is 0 Å². The molecular weight excluding hydrogens is 235 g/mol. The van der Waals surface area contributed by atoms with E-state index in [1.165, 1.54) is 18.2 Å². The largest absolute Gasteiger partial charge is 0.397 e. The second-order valence-corrected chi connectivity index (χ2v) is 3.51. The van der Waals surface area contributed by atoms with E-state index in [2.05, 4.69) is 5.32 Å². The Kier molecular flexibility index (Phi) is 3.82. The monoisotopic (exact) mass is 247 g/mol. The lowest BCUT2D eigenvalue weighted by molar-refractivity contribution is -0.00881. The Morgan fingerprint density at radius 2 is 2.06 bits per heavy atom. The summed E-state index contributed by atoms with van der Waals surface area (Å²) in [5.41, 5.74) is 11.0. The van der Waals surface area contributed by atoms with E-state index in [1.807, 2.05) is 0 Å². The summed E-state index contributed by atoms with van der Waals surface area (Å²) in [4.78, 5) is 10.8. The predicted molar refractivity (Wildman–Crippen MR) is 58.8 cm³/mol. The Balaban J connectivity index is 2.77. The molecule has 1 amide bonds. The van der Waals surface area contributed by atoms with Crippen LogP contribution in [-0.4, -0.2) is 25.0 Å². The molecule has 94 valence electrons. The van der Waals surface area contributed by atoms with Gasteiger partial charge in [0.05, 0.1) is 17.9 Å². The molecule has 0 radical (unpaired) electrons. The molecule has 0 fully saturated rings. The fourth-order valence-corrected chi connectivity index (χ4v) is 1.15. The number of hydrogen-bond donors (Lipinski definition) is 3. The summed E-state index contributed by atoms with van der Waals surface area (Å²) in [6.45, 7) is -2.62. The zero-order valence-electron chi connectivity index (χ0n) is 8.84. The van der Waals surface area contributed by atoms with Crippen LogP contribution in [0.15, 0.2) is 18.2 Å². The number of primary amides is 1. The van der Waals surface area contributed by atoms with Gasteiger partial charge in [0.2, 0.25) is 5.91 Å². The molecule has 5 N–H and O–H groups in total. The van der Waals surface area contributed by atoms with Gasteiger partial charge in [-0.25, -0.2) is 13.2 Å². The van der Waals surface area contributed by atoms with Crippen molar-refractivity contribution in [3.8, 4) is 0 Å². The first kappa shape index (κ1) is 13.1. The van der Waals surface area contributed by atoms with Crippen LogP contribution in [0.3, 0.4) is 0 Å². The number of alkyl halides is 3. The predicted octanol–water partition coefficient (Wildman–Crippen LogP) is 1.38. The highest BCUT2D eigenvalue weighted by Gasteiger charge is 2.28. The first-order chi connectivity index (χ1) is 7.85. The molecule has 0 spiro atoms. The van der Waals surface area contributed by atoms with Gasteiger partial charge in [0.15, 0.2) is 6.67 Å². The number of carbonyl (C=O) groups excluding carboxylic acids is 1. The standard InChI is InChI=1S/C10H12F3N3O/c11-4-10(12,13)5-16-8-2-1-6(9(15)17)3-7(8)14/h1-3,16H,4-5,14H2,(H2,15,17). The van der Waals surface area contributed by atoms with Crippen molar-refractivity contribution in [2.75, 3.05) is 24.3 Å². The normalized spacial score (nSPS) is 11.2. The van der Waals surface area contributed by atoms with Crippen LogP contribution in [0.4, 0.5) is 24.5 Å². The SMILES string of the molecule is NC(=O)c1ccc(NCC(F)(F)CF)c(N)c1. The molecule has 0 saturated heterocycles. The molecule has 1 aromatic rings. The van der Waals surface area contributed by atoms with Gasteiger partial charge >= 0.3 is 0 Å². The van der Waals surface area contributed by atoms with E-state index >= 15 is 0 Å². The highest BCUT2D eigenvalue weighted by molar-refractivity contribution is 5.94. The molecule has 0 atom stereocenters. The topological polar surface area (TPSA) is 81.1 Å². The minimum atomic E-state index is -3.45. The quantitative estimate of drug-likeness (QED) is 0.687. The number of nitrogens with one attached hydrogen (secondary N) is 1. The summed E-state index contributed by atoms with van der Waals surface area (Å²) in [6, 6.07) is 3.94. The smallest absolute Gasteiger partial charge is 0.292 e. The van der Waals surface area contributed by atoms with Crippen molar-refractivity contribution in [3.05, 3.63) is 23.8 Å². The number of rotatable bonds is 5. The van der Waals surface area contributed by atoms with Crippen LogP contribution >= 0.6 is 0 Å². The zero-order valence-corrected chi connectivity index (χ0v) is 8.84. The van der Waals surface area contributed by atoms with Crippen molar-refractivity contribution < 1.29 is 18.0 Å². The molecule has 0 heterocycles. The van der Waals surface area contributed by atoms with E-state index in [0.717, 1.165) is 0 Å². The fourth-order valence-electron chi connectivity index (χ4n) is 1.15. The van der Waals surface area contributed by atoms with Crippen molar-refractivity contribution in [2.45, 2.75) is 5.92 Å². The summed E-state index contributed by atoms with van der Waals surface area (Å²) < 4.78 is 37.1. The molecule has 0 bridgehead atoms. The first-order valence-corrected chi connectivity index (χ1v) is 4.73. The van der Waals surface area contributed by atoms with Crippen molar-refractivity contribution >= 4 is 17.3 Å². The maximum absolute atomic E-state index is 12.6. The fraction of sp³-hybridized carbons (Fsp3) is 0.300. The van der Waals surface area contributed by atoms with Crippen LogP contribution in [0.2, 0.25) is 0 Å². The number of nitrogen functional groups attached to an aromatic ring is 1. The number of amides is 1. The van der Waals surface area contributed by atoms with Crippen LogP contribution in [0.25, 0.3) is 0 Å². The molecule has 0 aliphatic heterocycles. The lowest BCUT2D eigenvalue weighted by atomic mass is 10.1. The third kappa shape index (κ3) is 3.54. The number of hydrogen-bond acceptors (Lipinski definition) is 3. The highest BCUT2D eigenvalue weighted by Crippen LogP contribution is 2.22. The second-order valence-electron chi connectivity index (χ2n) is 3.51. The lowest BCUT2D eigenvalue weighted by Crippen LogP contribution is -2.29. The molecular formula is C10H12F3N3O. The molecule has 0 aliphatic rings. The van der Waals surface area contributed by atoms with E-state index < -0.39 is 25.0 Å². The third-order valence-corrected chi connectivity index (χ3v) is 2.07. The third-order valence-electron chi connectivity index (χ3n) is 2.07. The van der Waals surface area contributed by atoms with Gasteiger partial charge in [-0.3, -0.25) is 4.79 Å². The van der Waals surface area contributed by atoms with Crippen molar-refractivity contribution in [1.29, 1.82) is 0 Å². The minimum absolute atomic E-state index is 0.0935. The summed E-state index contributed by atoms with van der Waals surface area (Å²) in [6.07, 6.45) is 0. The van der Waals surface area contributed by atoms with Crippen LogP contribution in [-0.2, 0) is 0 Å². The lowest BCUT2D eigenvalue weighted by Gasteiger charge is -2.15. The van der Waals surface area contributed by atoms with Gasteiger partial charge in [-0.2, -0.15) is 0 Å². The molecule has 0 aromatic heterocycles.